The van der Waals surface area contributed by atoms with Gasteiger partial charge < -0.3 is 19.9 Å². The van der Waals surface area contributed by atoms with Gasteiger partial charge in [-0.3, -0.25) is 5.10 Å². The molecule has 3 N–H and O–H groups in total. The van der Waals surface area contributed by atoms with Crippen molar-refractivity contribution in [2.75, 3.05) is 7.11 Å². The fourth-order valence-corrected chi connectivity index (χ4v) is 3.58. The Balaban J connectivity index is 1.68. The molecule has 3 aromatic rings. The Kier molecular flexibility index (Phi) is 5.25. The second-order valence-electron chi connectivity index (χ2n) is 6.82. The summed E-state index contributed by atoms with van der Waals surface area (Å²) in [5, 5.41) is 17.4. The average Bonchev–Trinajstić information content (AvgIpc) is 3.12. The Morgan fingerprint density at radius 1 is 1.23 bits per heavy atom. The summed E-state index contributed by atoms with van der Waals surface area (Å²) in [5.74, 6) is 1.13. The molecule has 0 spiro atoms. The zero-order chi connectivity index (χ0) is 21.3. The highest BCUT2D eigenvalue weighted by Gasteiger charge is 2.34. The summed E-state index contributed by atoms with van der Waals surface area (Å²) in [5.41, 5.74) is 9.68. The van der Waals surface area contributed by atoms with Crippen molar-refractivity contribution in [3.8, 4) is 23.4 Å². The molecule has 1 aliphatic heterocycles. The molecule has 30 heavy (non-hydrogen) atoms. The Labute approximate surface area is 178 Å². The third-order valence-electron chi connectivity index (χ3n) is 4.96. The standard InChI is InChI=1S/C22H19ClN4O3/c1-12-19-20(16(10-24)21(25)30-22(19)27-26-12)14-5-8-17(18(9-14)28-2)29-11-13-3-6-15(23)7-4-13/h3-9,20H,11,25H2,1-2H3,(H,26,27)/t20-/m1/s1. The molecule has 2 heterocycles. The number of nitrogens with zero attached hydrogens (tertiary/aromatic N) is 2. The van der Waals surface area contributed by atoms with E-state index in [1.54, 1.807) is 7.11 Å². The first-order valence-electron chi connectivity index (χ1n) is 9.19. The minimum absolute atomic E-state index is 0.0449. The molecule has 0 radical (unpaired) electrons. The number of hydrogen-bond donors (Lipinski definition) is 2. The highest BCUT2D eigenvalue weighted by molar-refractivity contribution is 6.30. The molecular formula is C22H19ClN4O3. The lowest BCUT2D eigenvalue weighted by molar-refractivity contribution is 0.284. The second kappa shape index (κ2) is 8.01. The van der Waals surface area contributed by atoms with Crippen LogP contribution in [0.25, 0.3) is 0 Å². The molecule has 0 aliphatic carbocycles. The molecule has 0 unspecified atom stereocenters. The topological polar surface area (TPSA) is 106 Å². The summed E-state index contributed by atoms with van der Waals surface area (Å²) >= 11 is 5.93. The van der Waals surface area contributed by atoms with Crippen molar-refractivity contribution in [2.45, 2.75) is 19.4 Å². The van der Waals surface area contributed by atoms with Crippen LogP contribution in [0.1, 0.15) is 28.3 Å². The highest BCUT2D eigenvalue weighted by Crippen LogP contribution is 2.44. The van der Waals surface area contributed by atoms with E-state index in [1.807, 2.05) is 49.4 Å². The molecule has 0 amide bonds. The van der Waals surface area contributed by atoms with E-state index < -0.39 is 5.92 Å². The minimum Gasteiger partial charge on any atom is -0.493 e. The van der Waals surface area contributed by atoms with Gasteiger partial charge in [0.1, 0.15) is 18.2 Å². The predicted octanol–water partition coefficient (Wildman–Crippen LogP) is 4.18. The van der Waals surface area contributed by atoms with Gasteiger partial charge in [0, 0.05) is 16.3 Å². The predicted molar refractivity (Wildman–Crippen MR) is 111 cm³/mol. The van der Waals surface area contributed by atoms with Gasteiger partial charge in [0.15, 0.2) is 11.5 Å². The summed E-state index contributed by atoms with van der Waals surface area (Å²) in [6.45, 7) is 2.24. The van der Waals surface area contributed by atoms with E-state index in [2.05, 4.69) is 16.3 Å². The highest BCUT2D eigenvalue weighted by atomic mass is 35.5. The van der Waals surface area contributed by atoms with E-state index in [-0.39, 0.29) is 5.88 Å². The van der Waals surface area contributed by atoms with Crippen molar-refractivity contribution >= 4 is 11.6 Å². The first-order chi connectivity index (χ1) is 14.5. The average molecular weight is 423 g/mol. The molecule has 1 aliphatic rings. The number of benzene rings is 2. The van der Waals surface area contributed by atoms with Gasteiger partial charge in [-0.25, -0.2) is 0 Å². The molecule has 8 heteroatoms. The first-order valence-corrected chi connectivity index (χ1v) is 9.57. The maximum Gasteiger partial charge on any atom is 0.244 e. The smallest absolute Gasteiger partial charge is 0.244 e. The van der Waals surface area contributed by atoms with Gasteiger partial charge in [0.25, 0.3) is 0 Å². The summed E-state index contributed by atoms with van der Waals surface area (Å²) in [6.07, 6.45) is 0. The van der Waals surface area contributed by atoms with Crippen LogP contribution in [0.4, 0.5) is 0 Å². The molecule has 0 fully saturated rings. The number of nitriles is 1. The molecule has 0 saturated heterocycles. The van der Waals surface area contributed by atoms with Gasteiger partial charge >= 0.3 is 0 Å². The fraction of sp³-hybridized carbons (Fsp3) is 0.182. The van der Waals surface area contributed by atoms with Gasteiger partial charge in [-0.15, -0.1) is 5.10 Å². The number of aryl methyl sites for hydroxylation is 1. The monoisotopic (exact) mass is 422 g/mol. The number of fused-ring (bicyclic) bond motifs is 1. The number of H-pyrrole nitrogens is 1. The Morgan fingerprint density at radius 2 is 2.00 bits per heavy atom. The number of allylic oxidation sites excluding steroid dienone is 1. The maximum absolute atomic E-state index is 9.69. The van der Waals surface area contributed by atoms with Crippen LogP contribution >= 0.6 is 11.6 Å². The van der Waals surface area contributed by atoms with Crippen LogP contribution in [0.15, 0.2) is 53.9 Å². The third-order valence-corrected chi connectivity index (χ3v) is 5.21. The lowest BCUT2D eigenvalue weighted by atomic mass is 9.84. The number of rotatable bonds is 5. The molecule has 7 nitrogen and oxygen atoms in total. The summed E-state index contributed by atoms with van der Waals surface area (Å²) in [6, 6.07) is 15.2. The molecule has 4 rings (SSSR count). The summed E-state index contributed by atoms with van der Waals surface area (Å²) in [7, 11) is 1.57. The second-order valence-corrected chi connectivity index (χ2v) is 7.25. The summed E-state index contributed by atoms with van der Waals surface area (Å²) < 4.78 is 17.0. The molecule has 0 bridgehead atoms. The molecule has 2 aromatic carbocycles. The van der Waals surface area contributed by atoms with E-state index in [0.29, 0.717) is 34.6 Å². The van der Waals surface area contributed by atoms with Crippen LogP contribution in [-0.2, 0) is 6.61 Å². The number of aromatic nitrogens is 2. The molecule has 1 aromatic heterocycles. The normalized spacial score (nSPS) is 15.2. The Bertz CT molecular complexity index is 1160. The van der Waals surface area contributed by atoms with Crippen molar-refractivity contribution in [1.29, 1.82) is 5.26 Å². The van der Waals surface area contributed by atoms with Crippen molar-refractivity contribution in [2.24, 2.45) is 5.73 Å². The van der Waals surface area contributed by atoms with Crippen LogP contribution in [0.3, 0.4) is 0 Å². The lowest BCUT2D eigenvalue weighted by Crippen LogP contribution is -2.21. The van der Waals surface area contributed by atoms with Crippen LogP contribution in [0, 0.1) is 18.3 Å². The van der Waals surface area contributed by atoms with E-state index in [9.17, 15) is 5.26 Å². The maximum atomic E-state index is 9.69. The van der Waals surface area contributed by atoms with Crippen LogP contribution in [-0.4, -0.2) is 17.3 Å². The number of ether oxygens (including phenoxy) is 3. The van der Waals surface area contributed by atoms with E-state index >= 15 is 0 Å². The van der Waals surface area contributed by atoms with E-state index in [1.165, 1.54) is 0 Å². The Hall–Kier alpha value is -3.63. The quantitative estimate of drug-likeness (QED) is 0.638. The fourth-order valence-electron chi connectivity index (χ4n) is 3.46. The number of halogens is 1. The molecule has 152 valence electrons. The number of nitrogens with one attached hydrogen (secondary N) is 1. The van der Waals surface area contributed by atoms with Gasteiger partial charge in [-0.05, 0) is 42.3 Å². The number of aromatic amines is 1. The van der Waals surface area contributed by atoms with Crippen LogP contribution < -0.4 is 19.9 Å². The lowest BCUT2D eigenvalue weighted by Gasteiger charge is -2.24. The number of methoxy groups -OCH3 is 1. The Morgan fingerprint density at radius 3 is 2.70 bits per heavy atom. The van der Waals surface area contributed by atoms with E-state index in [0.717, 1.165) is 22.4 Å². The molecular weight excluding hydrogens is 404 g/mol. The van der Waals surface area contributed by atoms with E-state index in [4.69, 9.17) is 31.5 Å². The first kappa shape index (κ1) is 19.7. The van der Waals surface area contributed by atoms with Gasteiger partial charge in [0.2, 0.25) is 11.8 Å². The number of nitrogens with two attached hydrogens (primary N) is 1. The molecule has 1 atom stereocenters. The zero-order valence-electron chi connectivity index (χ0n) is 16.4. The largest absolute Gasteiger partial charge is 0.493 e. The summed E-state index contributed by atoms with van der Waals surface area (Å²) in [4.78, 5) is 0. The molecule has 0 saturated carbocycles. The van der Waals surface area contributed by atoms with Crippen molar-refractivity contribution in [1.82, 2.24) is 10.2 Å². The van der Waals surface area contributed by atoms with Gasteiger partial charge in [0.05, 0.1) is 13.0 Å². The number of hydrogen-bond acceptors (Lipinski definition) is 6. The zero-order valence-corrected chi connectivity index (χ0v) is 17.2. The van der Waals surface area contributed by atoms with Crippen LogP contribution in [0.2, 0.25) is 5.02 Å². The third kappa shape index (κ3) is 3.53. The van der Waals surface area contributed by atoms with Crippen molar-refractivity contribution in [3.63, 3.8) is 0 Å². The van der Waals surface area contributed by atoms with Crippen molar-refractivity contribution < 1.29 is 14.2 Å². The van der Waals surface area contributed by atoms with Crippen molar-refractivity contribution in [3.05, 3.63) is 81.3 Å². The SMILES string of the molecule is COc1cc([C@@H]2C(C#N)=C(N)Oc3n[nH]c(C)c32)ccc1OCc1ccc(Cl)cc1. The minimum atomic E-state index is -0.420. The van der Waals surface area contributed by atoms with Crippen LogP contribution in [0.5, 0.6) is 17.4 Å². The van der Waals surface area contributed by atoms with Gasteiger partial charge in [-0.1, -0.05) is 29.8 Å². The van der Waals surface area contributed by atoms with Gasteiger partial charge in [-0.2, -0.15) is 5.26 Å².